The van der Waals surface area contributed by atoms with Gasteiger partial charge in [-0.3, -0.25) is 25.7 Å². The van der Waals surface area contributed by atoms with E-state index in [-0.39, 0.29) is 17.2 Å². The summed E-state index contributed by atoms with van der Waals surface area (Å²) >= 11 is 0. The van der Waals surface area contributed by atoms with Gasteiger partial charge in [0.2, 0.25) is 0 Å². The van der Waals surface area contributed by atoms with Gasteiger partial charge in [0, 0.05) is 11.6 Å². The number of hydrogen-bond donors (Lipinski definition) is 3. The van der Waals surface area contributed by atoms with Gasteiger partial charge in [0.25, 0.3) is 5.69 Å². The Kier molecular flexibility index (Phi) is 5.12. The number of nitrogens with zero attached hydrogens (tertiary/aromatic N) is 3. The minimum absolute atomic E-state index is 0.00968. The Balaban J connectivity index is 2.36. The van der Waals surface area contributed by atoms with Crippen molar-refractivity contribution in [3.8, 4) is 11.5 Å². The van der Waals surface area contributed by atoms with Crippen molar-refractivity contribution in [1.82, 2.24) is 0 Å². The molecule has 0 bridgehead atoms. The van der Waals surface area contributed by atoms with Crippen LogP contribution in [0.2, 0.25) is 0 Å². The van der Waals surface area contributed by atoms with Crippen LogP contribution in [0.15, 0.2) is 41.5 Å². The molecule has 0 saturated carbocycles. The lowest BCUT2D eigenvalue weighted by Crippen LogP contribution is -2.04. The Hall–Kier alpha value is -3.69. The van der Waals surface area contributed by atoms with E-state index in [4.69, 9.17) is 0 Å². The normalized spacial score (nSPS) is 11.2. The number of hydrazone groups is 1. The van der Waals surface area contributed by atoms with Gasteiger partial charge in [-0.25, -0.2) is 0 Å². The number of aromatic hydroxyl groups is 2. The molecular weight excluding hydrogens is 332 g/mol. The van der Waals surface area contributed by atoms with Crippen molar-refractivity contribution < 1.29 is 20.1 Å². The van der Waals surface area contributed by atoms with Crippen LogP contribution in [0.1, 0.15) is 18.9 Å². The minimum Gasteiger partial charge on any atom is -0.504 e. The smallest absolute Gasteiger partial charge is 0.301 e. The van der Waals surface area contributed by atoms with Crippen LogP contribution in [0.3, 0.4) is 0 Å². The number of benzene rings is 2. The highest BCUT2D eigenvalue weighted by atomic mass is 16.6. The highest BCUT2D eigenvalue weighted by Gasteiger charge is 2.19. The van der Waals surface area contributed by atoms with Crippen LogP contribution < -0.4 is 5.43 Å². The first kappa shape index (κ1) is 17.7. The Morgan fingerprint density at radius 3 is 2.36 bits per heavy atom. The van der Waals surface area contributed by atoms with Gasteiger partial charge in [0.15, 0.2) is 11.5 Å². The van der Waals surface area contributed by atoms with Crippen molar-refractivity contribution in [2.75, 3.05) is 5.43 Å². The third-order valence-corrected chi connectivity index (χ3v) is 3.34. The molecule has 10 heteroatoms. The van der Waals surface area contributed by atoms with Crippen LogP contribution in [0.4, 0.5) is 17.1 Å². The zero-order valence-corrected chi connectivity index (χ0v) is 13.0. The molecule has 0 fully saturated rings. The van der Waals surface area contributed by atoms with Gasteiger partial charge in [0.1, 0.15) is 5.69 Å². The van der Waals surface area contributed by atoms with Crippen molar-refractivity contribution in [2.24, 2.45) is 5.10 Å². The van der Waals surface area contributed by atoms with Gasteiger partial charge >= 0.3 is 5.69 Å². The van der Waals surface area contributed by atoms with Crippen LogP contribution in [0.5, 0.6) is 11.5 Å². The average molecular weight is 346 g/mol. The fourth-order valence-corrected chi connectivity index (χ4v) is 2.06. The Morgan fingerprint density at radius 2 is 1.80 bits per heavy atom. The fourth-order valence-electron chi connectivity index (χ4n) is 2.06. The number of anilines is 1. The predicted molar refractivity (Wildman–Crippen MR) is 90.0 cm³/mol. The number of rotatable bonds is 6. The van der Waals surface area contributed by atoms with Crippen LogP contribution in [0, 0.1) is 20.2 Å². The summed E-state index contributed by atoms with van der Waals surface area (Å²) in [4.78, 5) is 20.4. The second kappa shape index (κ2) is 7.25. The maximum Gasteiger partial charge on any atom is 0.301 e. The molecule has 3 N–H and O–H groups in total. The molecule has 0 aliphatic heterocycles. The monoisotopic (exact) mass is 346 g/mol. The summed E-state index contributed by atoms with van der Waals surface area (Å²) in [6.07, 6.45) is 0.429. The van der Waals surface area contributed by atoms with Crippen LogP contribution in [-0.2, 0) is 0 Å². The molecule has 0 amide bonds. The van der Waals surface area contributed by atoms with E-state index in [0.717, 1.165) is 12.1 Å². The minimum atomic E-state index is -0.747. The number of phenols is 2. The van der Waals surface area contributed by atoms with E-state index in [9.17, 15) is 30.4 Å². The van der Waals surface area contributed by atoms with Gasteiger partial charge in [0.05, 0.1) is 21.6 Å². The van der Waals surface area contributed by atoms with Gasteiger partial charge < -0.3 is 10.2 Å². The zero-order valence-electron chi connectivity index (χ0n) is 13.0. The summed E-state index contributed by atoms with van der Waals surface area (Å²) in [6.45, 7) is 1.79. The van der Waals surface area contributed by atoms with E-state index in [1.165, 1.54) is 24.3 Å². The zero-order chi connectivity index (χ0) is 18.6. The summed E-state index contributed by atoms with van der Waals surface area (Å²) in [5.41, 5.74) is 2.60. The topological polar surface area (TPSA) is 151 Å². The summed E-state index contributed by atoms with van der Waals surface area (Å²) in [7, 11) is 0. The molecule has 0 saturated heterocycles. The van der Waals surface area contributed by atoms with Crippen molar-refractivity contribution in [3.63, 3.8) is 0 Å². The molecule has 0 radical (unpaired) electrons. The molecule has 2 aromatic rings. The summed E-state index contributed by atoms with van der Waals surface area (Å²) in [5.74, 6) is -0.599. The predicted octanol–water partition coefficient (Wildman–Crippen LogP) is 3.14. The molecule has 2 aromatic carbocycles. The van der Waals surface area contributed by atoms with Gasteiger partial charge in [-0.05, 0) is 30.7 Å². The Morgan fingerprint density at radius 1 is 1.08 bits per heavy atom. The molecule has 25 heavy (non-hydrogen) atoms. The number of hydrogen-bond acceptors (Lipinski definition) is 8. The number of non-ortho nitro benzene ring substituents is 1. The van der Waals surface area contributed by atoms with Crippen molar-refractivity contribution in [1.29, 1.82) is 0 Å². The summed E-state index contributed by atoms with van der Waals surface area (Å²) in [5, 5.41) is 44.8. The Labute approximate surface area is 141 Å². The van der Waals surface area contributed by atoms with E-state index in [0.29, 0.717) is 17.7 Å². The standard InChI is InChI=1S/C15H14N4O6/c1-2-11(9-3-6-14(20)15(21)7-9)16-17-12-5-4-10(18(22)23)8-13(12)19(24)25/h3-8,17,20-21H,2H2,1H3/b16-11+. The lowest BCUT2D eigenvalue weighted by Gasteiger charge is -2.07. The molecule has 0 aliphatic rings. The highest BCUT2D eigenvalue weighted by molar-refractivity contribution is 6.01. The SMILES string of the molecule is CC/C(=N\Nc1ccc([N+](=O)[O-])cc1[N+](=O)[O-])c1ccc(O)c(O)c1. The summed E-state index contributed by atoms with van der Waals surface area (Å²) in [6, 6.07) is 7.30. The first-order valence-corrected chi connectivity index (χ1v) is 7.11. The van der Waals surface area contributed by atoms with Crippen molar-refractivity contribution in [3.05, 3.63) is 62.2 Å². The second-order valence-corrected chi connectivity index (χ2v) is 4.94. The van der Waals surface area contributed by atoms with Crippen LogP contribution in [0.25, 0.3) is 0 Å². The molecule has 0 spiro atoms. The van der Waals surface area contributed by atoms with Gasteiger partial charge in [-0.15, -0.1) is 0 Å². The largest absolute Gasteiger partial charge is 0.504 e. The van der Waals surface area contributed by atoms with Crippen LogP contribution in [-0.4, -0.2) is 25.8 Å². The third kappa shape index (κ3) is 3.99. The van der Waals surface area contributed by atoms with Crippen LogP contribution >= 0.6 is 0 Å². The van der Waals surface area contributed by atoms with Crippen molar-refractivity contribution in [2.45, 2.75) is 13.3 Å². The third-order valence-electron chi connectivity index (χ3n) is 3.34. The second-order valence-electron chi connectivity index (χ2n) is 4.94. The van der Waals surface area contributed by atoms with E-state index in [1.54, 1.807) is 6.92 Å². The molecule has 0 atom stereocenters. The molecule has 2 rings (SSSR count). The summed E-state index contributed by atoms with van der Waals surface area (Å²) < 4.78 is 0. The molecule has 0 aromatic heterocycles. The number of nitro groups is 2. The maximum atomic E-state index is 11.1. The quantitative estimate of drug-likeness (QED) is 0.314. The molecular formula is C15H14N4O6. The van der Waals surface area contributed by atoms with E-state index in [1.807, 2.05) is 0 Å². The molecule has 130 valence electrons. The lowest BCUT2D eigenvalue weighted by atomic mass is 10.1. The maximum absolute atomic E-state index is 11.1. The van der Waals surface area contributed by atoms with Crippen molar-refractivity contribution >= 4 is 22.8 Å². The molecule has 0 heterocycles. The van der Waals surface area contributed by atoms with Gasteiger partial charge in [-0.2, -0.15) is 5.10 Å². The van der Waals surface area contributed by atoms with E-state index >= 15 is 0 Å². The first-order valence-electron chi connectivity index (χ1n) is 7.11. The highest BCUT2D eigenvalue weighted by Crippen LogP contribution is 2.29. The number of nitrogens with one attached hydrogen (secondary N) is 1. The Bertz CT molecular complexity index is 865. The van der Waals surface area contributed by atoms with E-state index < -0.39 is 21.2 Å². The molecule has 10 nitrogen and oxygen atoms in total. The number of nitro benzene ring substituents is 2. The lowest BCUT2D eigenvalue weighted by molar-refractivity contribution is -0.393. The molecule has 0 aliphatic carbocycles. The van der Waals surface area contributed by atoms with E-state index in [2.05, 4.69) is 10.5 Å². The average Bonchev–Trinajstić information content (AvgIpc) is 2.58. The first-order chi connectivity index (χ1) is 11.8. The van der Waals surface area contributed by atoms with Gasteiger partial charge in [-0.1, -0.05) is 6.92 Å². The number of phenolic OH excluding ortho intramolecular Hbond substituents is 2. The fraction of sp³-hybridized carbons (Fsp3) is 0.133. The molecule has 0 unspecified atom stereocenters.